The third-order valence-corrected chi connectivity index (χ3v) is 2.88. The number of ether oxygens (including phenoxy) is 2. The molecule has 1 aliphatic heterocycles. The number of hydrogen-bond acceptors (Lipinski definition) is 4. The van der Waals surface area contributed by atoms with Gasteiger partial charge in [-0.25, -0.2) is 0 Å². The molecular formula is C13H20N2O2. The van der Waals surface area contributed by atoms with Gasteiger partial charge in [-0.2, -0.15) is 0 Å². The highest BCUT2D eigenvalue weighted by atomic mass is 16.6. The molecule has 94 valence electrons. The van der Waals surface area contributed by atoms with Crippen molar-refractivity contribution in [2.24, 2.45) is 11.8 Å². The fourth-order valence-electron chi connectivity index (χ4n) is 2.05. The highest BCUT2D eigenvalue weighted by Gasteiger charge is 2.16. The van der Waals surface area contributed by atoms with E-state index in [2.05, 4.69) is 19.3 Å². The van der Waals surface area contributed by atoms with Crippen LogP contribution in [0.2, 0.25) is 0 Å². The Balaban J connectivity index is 2.19. The van der Waals surface area contributed by atoms with E-state index in [1.807, 2.05) is 18.2 Å². The zero-order chi connectivity index (χ0) is 12.3. The molecule has 17 heavy (non-hydrogen) atoms. The Bertz CT molecular complexity index is 380. The summed E-state index contributed by atoms with van der Waals surface area (Å²) in [7, 11) is 0. The number of hydrogen-bond donors (Lipinski definition) is 2. The molecule has 0 radical (unpaired) electrons. The average molecular weight is 236 g/mol. The lowest BCUT2D eigenvalue weighted by Gasteiger charge is -2.22. The molecule has 0 aromatic heterocycles. The molecule has 1 atom stereocenters. The van der Waals surface area contributed by atoms with Crippen molar-refractivity contribution in [2.45, 2.75) is 26.3 Å². The molecule has 0 fully saturated rings. The summed E-state index contributed by atoms with van der Waals surface area (Å²) in [4.78, 5) is 0. The Hall–Kier alpha value is -1.26. The highest BCUT2D eigenvalue weighted by Crippen LogP contribution is 2.33. The molecular weight excluding hydrogens is 216 g/mol. The van der Waals surface area contributed by atoms with Crippen LogP contribution >= 0.6 is 0 Å². The summed E-state index contributed by atoms with van der Waals surface area (Å²) in [5, 5.41) is 0. The van der Waals surface area contributed by atoms with Crippen LogP contribution in [-0.2, 0) is 0 Å². The van der Waals surface area contributed by atoms with Gasteiger partial charge in [0.25, 0.3) is 0 Å². The Labute approximate surface area is 102 Å². The summed E-state index contributed by atoms with van der Waals surface area (Å²) in [5.41, 5.74) is 4.00. The lowest BCUT2D eigenvalue weighted by atomic mass is 9.97. The SMILES string of the molecule is CC(C)CC(NN)c1ccc2c(c1)OCCO2. The zero-order valence-electron chi connectivity index (χ0n) is 10.4. The van der Waals surface area contributed by atoms with Gasteiger partial charge in [0, 0.05) is 6.04 Å². The summed E-state index contributed by atoms with van der Waals surface area (Å²) >= 11 is 0. The molecule has 4 heteroatoms. The number of fused-ring (bicyclic) bond motifs is 1. The van der Waals surface area contributed by atoms with Crippen molar-refractivity contribution in [3.8, 4) is 11.5 Å². The van der Waals surface area contributed by atoms with Crippen LogP contribution in [0.3, 0.4) is 0 Å². The Morgan fingerprint density at radius 3 is 2.59 bits per heavy atom. The number of nitrogens with one attached hydrogen (secondary N) is 1. The van der Waals surface area contributed by atoms with Crippen molar-refractivity contribution in [3.05, 3.63) is 23.8 Å². The van der Waals surface area contributed by atoms with Gasteiger partial charge in [0.05, 0.1) is 0 Å². The predicted molar refractivity (Wildman–Crippen MR) is 67.0 cm³/mol. The Kier molecular flexibility index (Phi) is 3.86. The van der Waals surface area contributed by atoms with Crippen molar-refractivity contribution in [1.29, 1.82) is 0 Å². The Morgan fingerprint density at radius 2 is 1.94 bits per heavy atom. The first-order valence-corrected chi connectivity index (χ1v) is 6.06. The molecule has 1 aliphatic rings. The van der Waals surface area contributed by atoms with Crippen LogP contribution in [0.4, 0.5) is 0 Å². The van der Waals surface area contributed by atoms with Gasteiger partial charge in [-0.3, -0.25) is 11.3 Å². The smallest absolute Gasteiger partial charge is 0.161 e. The van der Waals surface area contributed by atoms with Gasteiger partial charge < -0.3 is 9.47 Å². The average Bonchev–Trinajstić information content (AvgIpc) is 2.35. The molecule has 0 aliphatic carbocycles. The number of nitrogens with two attached hydrogens (primary N) is 1. The summed E-state index contributed by atoms with van der Waals surface area (Å²) in [6, 6.07) is 6.17. The van der Waals surface area contributed by atoms with E-state index in [9.17, 15) is 0 Å². The van der Waals surface area contributed by atoms with E-state index in [4.69, 9.17) is 15.3 Å². The molecule has 4 nitrogen and oxygen atoms in total. The lowest BCUT2D eigenvalue weighted by molar-refractivity contribution is 0.171. The van der Waals surface area contributed by atoms with E-state index in [-0.39, 0.29) is 6.04 Å². The van der Waals surface area contributed by atoms with Crippen LogP contribution in [0.5, 0.6) is 11.5 Å². The first-order valence-electron chi connectivity index (χ1n) is 6.06. The maximum atomic E-state index is 5.61. The molecule has 1 aromatic carbocycles. The van der Waals surface area contributed by atoms with Gasteiger partial charge >= 0.3 is 0 Å². The molecule has 0 saturated heterocycles. The standard InChI is InChI=1S/C13H20N2O2/c1-9(2)7-11(15-14)10-3-4-12-13(8-10)17-6-5-16-12/h3-4,8-9,11,15H,5-7,14H2,1-2H3. The molecule has 0 bridgehead atoms. The number of benzene rings is 1. The lowest BCUT2D eigenvalue weighted by Crippen LogP contribution is -2.29. The second kappa shape index (κ2) is 5.38. The van der Waals surface area contributed by atoms with E-state index < -0.39 is 0 Å². The van der Waals surface area contributed by atoms with Crippen LogP contribution in [0, 0.1) is 5.92 Å². The van der Waals surface area contributed by atoms with E-state index in [0.717, 1.165) is 23.5 Å². The fraction of sp³-hybridized carbons (Fsp3) is 0.538. The summed E-state index contributed by atoms with van der Waals surface area (Å²) < 4.78 is 11.1. The van der Waals surface area contributed by atoms with Crippen LogP contribution in [0.25, 0.3) is 0 Å². The van der Waals surface area contributed by atoms with Crippen molar-refractivity contribution in [3.63, 3.8) is 0 Å². The first kappa shape index (κ1) is 12.2. The minimum absolute atomic E-state index is 0.158. The molecule has 0 spiro atoms. The topological polar surface area (TPSA) is 56.5 Å². The monoisotopic (exact) mass is 236 g/mol. The first-order chi connectivity index (χ1) is 8.20. The highest BCUT2D eigenvalue weighted by molar-refractivity contribution is 5.44. The third-order valence-electron chi connectivity index (χ3n) is 2.88. The van der Waals surface area contributed by atoms with Gasteiger partial charge in [0.15, 0.2) is 11.5 Å². The van der Waals surface area contributed by atoms with Crippen LogP contribution in [0.1, 0.15) is 31.9 Å². The predicted octanol–water partition coefficient (Wildman–Crippen LogP) is 2.01. The van der Waals surface area contributed by atoms with Crippen molar-refractivity contribution in [1.82, 2.24) is 5.43 Å². The van der Waals surface area contributed by atoms with E-state index >= 15 is 0 Å². The normalized spacial score (nSPS) is 16.0. The zero-order valence-corrected chi connectivity index (χ0v) is 10.4. The van der Waals surface area contributed by atoms with Crippen molar-refractivity contribution < 1.29 is 9.47 Å². The maximum Gasteiger partial charge on any atom is 0.161 e. The van der Waals surface area contributed by atoms with Gasteiger partial charge in [0.2, 0.25) is 0 Å². The van der Waals surface area contributed by atoms with E-state index in [0.29, 0.717) is 19.1 Å². The molecule has 1 aromatic rings. The van der Waals surface area contributed by atoms with Crippen LogP contribution in [0.15, 0.2) is 18.2 Å². The summed E-state index contributed by atoms with van der Waals surface area (Å²) in [6.07, 6.45) is 0.996. The fourth-order valence-corrected chi connectivity index (χ4v) is 2.05. The van der Waals surface area contributed by atoms with Gasteiger partial charge in [-0.05, 0) is 30.0 Å². The minimum Gasteiger partial charge on any atom is -0.486 e. The van der Waals surface area contributed by atoms with E-state index in [1.54, 1.807) is 0 Å². The second-order valence-corrected chi connectivity index (χ2v) is 4.75. The van der Waals surface area contributed by atoms with Crippen LogP contribution < -0.4 is 20.7 Å². The number of hydrazine groups is 1. The Morgan fingerprint density at radius 1 is 1.24 bits per heavy atom. The van der Waals surface area contributed by atoms with Gasteiger partial charge in [0.1, 0.15) is 13.2 Å². The van der Waals surface area contributed by atoms with Gasteiger partial charge in [-0.15, -0.1) is 0 Å². The summed E-state index contributed by atoms with van der Waals surface area (Å²) in [6.45, 7) is 5.60. The van der Waals surface area contributed by atoms with Crippen molar-refractivity contribution >= 4 is 0 Å². The molecule has 1 unspecified atom stereocenters. The second-order valence-electron chi connectivity index (χ2n) is 4.75. The van der Waals surface area contributed by atoms with Crippen LogP contribution in [-0.4, -0.2) is 13.2 Å². The quantitative estimate of drug-likeness (QED) is 0.620. The molecule has 0 saturated carbocycles. The molecule has 0 amide bonds. The largest absolute Gasteiger partial charge is 0.486 e. The minimum atomic E-state index is 0.158. The van der Waals surface area contributed by atoms with Crippen molar-refractivity contribution in [2.75, 3.05) is 13.2 Å². The number of rotatable bonds is 4. The molecule has 2 rings (SSSR count). The van der Waals surface area contributed by atoms with Gasteiger partial charge in [-0.1, -0.05) is 19.9 Å². The molecule has 3 N–H and O–H groups in total. The van der Waals surface area contributed by atoms with E-state index in [1.165, 1.54) is 0 Å². The summed E-state index contributed by atoms with van der Waals surface area (Å²) in [5.74, 6) is 7.83. The molecule has 1 heterocycles. The maximum absolute atomic E-state index is 5.61. The third kappa shape index (κ3) is 2.90.